The van der Waals surface area contributed by atoms with Crippen LogP contribution in [0.5, 0.6) is 17.4 Å². The zero-order valence-electron chi connectivity index (χ0n) is 18.4. The highest BCUT2D eigenvalue weighted by molar-refractivity contribution is 5.65. The summed E-state index contributed by atoms with van der Waals surface area (Å²) in [4.78, 5) is 19.0. The molecule has 2 aromatic carbocycles. The number of carboxylic acid groups (broad SMARTS) is 1. The second kappa shape index (κ2) is 8.86. The summed E-state index contributed by atoms with van der Waals surface area (Å²) >= 11 is 0. The van der Waals surface area contributed by atoms with Crippen LogP contribution in [0.2, 0.25) is 0 Å². The van der Waals surface area contributed by atoms with Crippen LogP contribution in [0.4, 0.5) is 4.79 Å². The molecular weight excluding hydrogens is 406 g/mol. The van der Waals surface area contributed by atoms with E-state index in [1.165, 1.54) is 11.1 Å². The van der Waals surface area contributed by atoms with Gasteiger partial charge in [0.1, 0.15) is 23.4 Å². The minimum Gasteiger partial charge on any atom is -0.490 e. The zero-order chi connectivity index (χ0) is 22.7. The van der Waals surface area contributed by atoms with Gasteiger partial charge in [0, 0.05) is 36.6 Å². The van der Waals surface area contributed by atoms with Gasteiger partial charge in [-0.15, -0.1) is 0 Å². The Hall–Kier alpha value is -3.61. The van der Waals surface area contributed by atoms with E-state index in [1.54, 1.807) is 12.3 Å². The summed E-state index contributed by atoms with van der Waals surface area (Å²) < 4.78 is 11.8. The first-order chi connectivity index (χ1) is 15.3. The minimum absolute atomic E-state index is 0.0129. The predicted molar refractivity (Wildman–Crippen MR) is 120 cm³/mol. The van der Waals surface area contributed by atoms with Gasteiger partial charge in [-0.1, -0.05) is 38.1 Å². The molecule has 0 saturated heterocycles. The van der Waals surface area contributed by atoms with Crippen LogP contribution in [-0.4, -0.2) is 33.3 Å². The van der Waals surface area contributed by atoms with Crippen molar-refractivity contribution in [2.24, 2.45) is 0 Å². The third kappa shape index (κ3) is 4.99. The topological polar surface area (TPSA) is 93.6 Å². The quantitative estimate of drug-likeness (QED) is 0.540. The third-order valence-electron chi connectivity index (χ3n) is 5.85. The Morgan fingerprint density at radius 2 is 1.59 bits per heavy atom. The van der Waals surface area contributed by atoms with E-state index in [2.05, 4.69) is 53.4 Å². The number of nitrogens with one attached hydrogen (secondary N) is 1. The van der Waals surface area contributed by atoms with Crippen molar-refractivity contribution >= 4 is 6.09 Å². The molecule has 1 aliphatic rings. The Morgan fingerprint density at radius 1 is 1.00 bits per heavy atom. The molecule has 1 heterocycles. The van der Waals surface area contributed by atoms with Crippen molar-refractivity contribution in [3.63, 3.8) is 0 Å². The second-order valence-corrected chi connectivity index (χ2v) is 8.58. The maximum atomic E-state index is 10.7. The maximum absolute atomic E-state index is 10.7. The fourth-order valence-corrected chi connectivity index (χ4v) is 3.82. The van der Waals surface area contributed by atoms with Crippen LogP contribution in [0.25, 0.3) is 0 Å². The number of rotatable bonds is 7. The van der Waals surface area contributed by atoms with Crippen LogP contribution in [-0.2, 0) is 5.41 Å². The lowest BCUT2D eigenvalue weighted by atomic mass is 9.78. The van der Waals surface area contributed by atoms with E-state index in [0.29, 0.717) is 24.5 Å². The summed E-state index contributed by atoms with van der Waals surface area (Å²) in [7, 11) is 0. The number of hydrogen-bond donors (Lipinski definition) is 2. The monoisotopic (exact) mass is 433 g/mol. The van der Waals surface area contributed by atoms with Crippen LogP contribution in [0.15, 0.2) is 60.8 Å². The lowest BCUT2D eigenvalue weighted by Gasteiger charge is -2.35. The summed E-state index contributed by atoms with van der Waals surface area (Å²) in [6.45, 7) is 6.19. The highest BCUT2D eigenvalue weighted by Gasteiger charge is 2.32. The number of aromatic nitrogens is 2. The summed E-state index contributed by atoms with van der Waals surface area (Å²) in [6, 6.07) is 17.9. The average Bonchev–Trinajstić information content (AvgIpc) is 2.73. The van der Waals surface area contributed by atoms with Crippen molar-refractivity contribution in [3.05, 3.63) is 77.7 Å². The number of ether oxygens (including phenoxy) is 2. The van der Waals surface area contributed by atoms with Gasteiger partial charge < -0.3 is 19.9 Å². The second-order valence-electron chi connectivity index (χ2n) is 8.58. The van der Waals surface area contributed by atoms with Crippen LogP contribution in [0.1, 0.15) is 43.6 Å². The first-order valence-electron chi connectivity index (χ1n) is 10.6. The molecule has 0 radical (unpaired) electrons. The largest absolute Gasteiger partial charge is 0.490 e. The first kappa shape index (κ1) is 21.6. The minimum atomic E-state index is -0.983. The van der Waals surface area contributed by atoms with Crippen molar-refractivity contribution in [1.29, 1.82) is 0 Å². The van der Waals surface area contributed by atoms with Crippen molar-refractivity contribution < 1.29 is 19.4 Å². The Labute approximate surface area is 187 Å². The van der Waals surface area contributed by atoms with Gasteiger partial charge >= 0.3 is 6.09 Å². The number of hydrogen-bond acceptors (Lipinski definition) is 5. The number of carbonyl (C=O) groups is 1. The molecule has 1 saturated carbocycles. The predicted octanol–water partition coefficient (Wildman–Crippen LogP) is 5.08. The Bertz CT molecular complexity index is 1080. The molecule has 0 unspecified atom stereocenters. The zero-order valence-corrected chi connectivity index (χ0v) is 18.4. The SMILES string of the molecule is Cc1nccc(Oc2ccc(C(C)(C)c3ccc(O[C@H]4C[C@H](NC(=O)O)C4)cc3)cc2)n1. The lowest BCUT2D eigenvalue weighted by Crippen LogP contribution is -2.48. The molecule has 32 heavy (non-hydrogen) atoms. The summed E-state index contributed by atoms with van der Waals surface area (Å²) in [5.41, 5.74) is 2.14. The number of amides is 1. The van der Waals surface area contributed by atoms with Gasteiger partial charge in [-0.25, -0.2) is 9.78 Å². The molecule has 7 nitrogen and oxygen atoms in total. The van der Waals surface area contributed by atoms with E-state index in [4.69, 9.17) is 14.6 Å². The van der Waals surface area contributed by atoms with Gasteiger partial charge in [0.15, 0.2) is 0 Å². The standard InChI is InChI=1S/C25H27N3O4/c1-16-26-13-12-23(27-16)32-21-10-6-18(7-11-21)25(2,3)17-4-8-20(9-5-17)31-22-14-19(15-22)28-24(29)30/h4-13,19,22,28H,14-15H2,1-3H3,(H,29,30)/t19-,22-. The van der Waals surface area contributed by atoms with E-state index in [0.717, 1.165) is 11.5 Å². The maximum Gasteiger partial charge on any atom is 0.404 e. The Morgan fingerprint density at radius 3 is 2.16 bits per heavy atom. The van der Waals surface area contributed by atoms with E-state index in [-0.39, 0.29) is 17.6 Å². The van der Waals surface area contributed by atoms with Crippen LogP contribution in [0.3, 0.4) is 0 Å². The Balaban J connectivity index is 1.38. The summed E-state index contributed by atoms with van der Waals surface area (Å²) in [5, 5.41) is 11.2. The number of benzene rings is 2. The molecule has 0 bridgehead atoms. The van der Waals surface area contributed by atoms with Gasteiger partial charge in [0.05, 0.1) is 0 Å². The fraction of sp³-hybridized carbons (Fsp3) is 0.320. The molecule has 0 atom stereocenters. The molecule has 2 N–H and O–H groups in total. The normalized spacial score (nSPS) is 17.8. The van der Waals surface area contributed by atoms with Gasteiger partial charge in [0.2, 0.25) is 5.88 Å². The third-order valence-corrected chi connectivity index (χ3v) is 5.85. The van der Waals surface area contributed by atoms with Crippen molar-refractivity contribution in [2.45, 2.75) is 51.2 Å². The summed E-state index contributed by atoms with van der Waals surface area (Å²) in [6.07, 6.45) is 2.14. The molecule has 1 amide bonds. The van der Waals surface area contributed by atoms with Crippen molar-refractivity contribution in [2.75, 3.05) is 0 Å². The van der Waals surface area contributed by atoms with Crippen LogP contribution in [0, 0.1) is 6.92 Å². The van der Waals surface area contributed by atoms with E-state index in [9.17, 15) is 4.79 Å². The van der Waals surface area contributed by atoms with Gasteiger partial charge in [-0.05, 0) is 42.3 Å². The highest BCUT2D eigenvalue weighted by atomic mass is 16.5. The average molecular weight is 434 g/mol. The van der Waals surface area contributed by atoms with Crippen molar-refractivity contribution in [3.8, 4) is 17.4 Å². The number of aryl methyl sites for hydroxylation is 1. The molecule has 1 aliphatic carbocycles. The van der Waals surface area contributed by atoms with Crippen LogP contribution < -0.4 is 14.8 Å². The van der Waals surface area contributed by atoms with E-state index < -0.39 is 6.09 Å². The van der Waals surface area contributed by atoms with Gasteiger partial charge in [-0.2, -0.15) is 4.98 Å². The molecular formula is C25H27N3O4. The highest BCUT2D eigenvalue weighted by Crippen LogP contribution is 2.34. The molecule has 3 aromatic rings. The van der Waals surface area contributed by atoms with Gasteiger partial charge in [0.25, 0.3) is 0 Å². The molecule has 166 valence electrons. The van der Waals surface area contributed by atoms with Gasteiger partial charge in [-0.3, -0.25) is 0 Å². The summed E-state index contributed by atoms with van der Waals surface area (Å²) in [5.74, 6) is 2.72. The first-order valence-corrected chi connectivity index (χ1v) is 10.6. The smallest absolute Gasteiger partial charge is 0.404 e. The molecule has 0 aliphatic heterocycles. The fourth-order valence-electron chi connectivity index (χ4n) is 3.82. The van der Waals surface area contributed by atoms with E-state index >= 15 is 0 Å². The van der Waals surface area contributed by atoms with Crippen LogP contribution >= 0.6 is 0 Å². The molecule has 1 fully saturated rings. The molecule has 4 rings (SSSR count). The molecule has 0 spiro atoms. The molecule has 1 aromatic heterocycles. The number of nitrogens with zero attached hydrogens (tertiary/aromatic N) is 2. The Kier molecular flexibility index (Phi) is 5.99. The lowest BCUT2D eigenvalue weighted by molar-refractivity contribution is 0.0833. The van der Waals surface area contributed by atoms with E-state index in [1.807, 2.05) is 31.2 Å². The molecule has 7 heteroatoms. The van der Waals surface area contributed by atoms with Crippen molar-refractivity contribution in [1.82, 2.24) is 15.3 Å².